The molecule has 5 nitrogen and oxygen atoms in total. The average Bonchev–Trinajstić information content (AvgIpc) is 2.95. The number of nitrogens with one attached hydrogen (secondary N) is 1. The standard InChI is InChI=1S/C15H15F3N4O/c1-21(2)22-8-4-7-13(22)10-19-20-14(23)11-5-3-6-12(9-11)15(16,17)18/h3-10H,1-2H3,(H,20,23)/b19-10-. The Morgan fingerprint density at radius 3 is 2.65 bits per heavy atom. The number of aromatic nitrogens is 1. The molecular formula is C15H15F3N4O. The summed E-state index contributed by atoms with van der Waals surface area (Å²) in [6, 6.07) is 7.74. The van der Waals surface area contributed by atoms with Gasteiger partial charge >= 0.3 is 6.18 Å². The number of alkyl halides is 3. The number of hydrogen-bond acceptors (Lipinski definition) is 3. The van der Waals surface area contributed by atoms with Crippen LogP contribution < -0.4 is 10.4 Å². The Kier molecular flexibility index (Phi) is 4.73. The Bertz CT molecular complexity index is 720. The van der Waals surface area contributed by atoms with Gasteiger partial charge in [-0.2, -0.15) is 18.3 Å². The van der Waals surface area contributed by atoms with Gasteiger partial charge < -0.3 is 5.01 Å². The van der Waals surface area contributed by atoms with Crippen molar-refractivity contribution < 1.29 is 18.0 Å². The topological polar surface area (TPSA) is 49.6 Å². The third-order valence-corrected chi connectivity index (χ3v) is 3.00. The number of carbonyl (C=O) groups is 1. The molecule has 0 bridgehead atoms. The summed E-state index contributed by atoms with van der Waals surface area (Å²) in [6.45, 7) is 0. The van der Waals surface area contributed by atoms with Crippen LogP contribution >= 0.6 is 0 Å². The lowest BCUT2D eigenvalue weighted by Crippen LogP contribution is -2.26. The molecule has 2 aromatic rings. The Balaban J connectivity index is 2.08. The van der Waals surface area contributed by atoms with Crippen LogP contribution in [0.4, 0.5) is 13.2 Å². The summed E-state index contributed by atoms with van der Waals surface area (Å²) in [4.78, 5) is 11.9. The van der Waals surface area contributed by atoms with E-state index in [1.54, 1.807) is 28.0 Å². The Hall–Kier alpha value is -2.77. The van der Waals surface area contributed by atoms with Gasteiger partial charge in [0, 0.05) is 25.9 Å². The number of benzene rings is 1. The first-order valence-corrected chi connectivity index (χ1v) is 6.64. The number of amides is 1. The molecule has 1 aromatic carbocycles. The van der Waals surface area contributed by atoms with Crippen LogP contribution in [0.5, 0.6) is 0 Å². The first-order valence-electron chi connectivity index (χ1n) is 6.64. The average molecular weight is 324 g/mol. The molecule has 0 aliphatic rings. The second-order valence-electron chi connectivity index (χ2n) is 4.90. The van der Waals surface area contributed by atoms with Crippen molar-refractivity contribution in [3.05, 3.63) is 59.4 Å². The molecule has 0 radical (unpaired) electrons. The van der Waals surface area contributed by atoms with Gasteiger partial charge in [0.1, 0.15) is 0 Å². The van der Waals surface area contributed by atoms with Crippen molar-refractivity contribution in [3.63, 3.8) is 0 Å². The van der Waals surface area contributed by atoms with Crippen molar-refractivity contribution in [1.82, 2.24) is 10.1 Å². The second-order valence-corrected chi connectivity index (χ2v) is 4.90. The smallest absolute Gasteiger partial charge is 0.319 e. The van der Waals surface area contributed by atoms with Crippen LogP contribution in [0.3, 0.4) is 0 Å². The van der Waals surface area contributed by atoms with Gasteiger partial charge in [0.05, 0.1) is 17.5 Å². The van der Waals surface area contributed by atoms with Crippen LogP contribution in [-0.4, -0.2) is 30.9 Å². The minimum absolute atomic E-state index is 0.111. The van der Waals surface area contributed by atoms with Gasteiger partial charge in [0.25, 0.3) is 5.91 Å². The molecule has 0 unspecified atom stereocenters. The maximum Gasteiger partial charge on any atom is 0.416 e. The van der Waals surface area contributed by atoms with E-state index < -0.39 is 17.6 Å². The maximum absolute atomic E-state index is 12.6. The van der Waals surface area contributed by atoms with E-state index >= 15 is 0 Å². The number of rotatable bonds is 4. The summed E-state index contributed by atoms with van der Waals surface area (Å²) in [6.07, 6.45) is -1.28. The van der Waals surface area contributed by atoms with Crippen LogP contribution in [0.15, 0.2) is 47.7 Å². The fourth-order valence-corrected chi connectivity index (χ4v) is 1.91. The lowest BCUT2D eigenvalue weighted by atomic mass is 10.1. The highest BCUT2D eigenvalue weighted by Gasteiger charge is 2.30. The summed E-state index contributed by atoms with van der Waals surface area (Å²) in [5.41, 5.74) is 1.93. The molecule has 8 heteroatoms. The zero-order valence-electron chi connectivity index (χ0n) is 12.5. The van der Waals surface area contributed by atoms with Gasteiger partial charge in [-0.15, -0.1) is 0 Å². The van der Waals surface area contributed by atoms with Crippen LogP contribution in [0, 0.1) is 0 Å². The molecule has 0 saturated heterocycles. The number of carbonyl (C=O) groups excluding carboxylic acids is 1. The lowest BCUT2D eigenvalue weighted by molar-refractivity contribution is -0.137. The van der Waals surface area contributed by atoms with Crippen molar-refractivity contribution in [2.24, 2.45) is 5.10 Å². The largest absolute Gasteiger partial charge is 0.416 e. The monoisotopic (exact) mass is 324 g/mol. The highest BCUT2D eigenvalue weighted by Crippen LogP contribution is 2.29. The number of halogens is 3. The Labute approximate surface area is 131 Å². The van der Waals surface area contributed by atoms with Crippen molar-refractivity contribution in [1.29, 1.82) is 0 Å². The first-order chi connectivity index (χ1) is 10.8. The molecule has 0 atom stereocenters. The molecule has 0 aliphatic carbocycles. The molecule has 1 amide bonds. The van der Waals surface area contributed by atoms with Gasteiger partial charge in [-0.1, -0.05) is 6.07 Å². The highest BCUT2D eigenvalue weighted by molar-refractivity contribution is 5.95. The van der Waals surface area contributed by atoms with E-state index in [2.05, 4.69) is 10.5 Å². The molecule has 1 heterocycles. The molecule has 0 spiro atoms. The molecule has 0 saturated carbocycles. The van der Waals surface area contributed by atoms with E-state index in [9.17, 15) is 18.0 Å². The Morgan fingerprint density at radius 2 is 2.00 bits per heavy atom. The van der Waals surface area contributed by atoms with E-state index in [1.807, 2.05) is 14.1 Å². The highest BCUT2D eigenvalue weighted by atomic mass is 19.4. The quantitative estimate of drug-likeness (QED) is 0.694. The summed E-state index contributed by atoms with van der Waals surface area (Å²) < 4.78 is 39.6. The Morgan fingerprint density at radius 1 is 1.26 bits per heavy atom. The van der Waals surface area contributed by atoms with E-state index in [1.165, 1.54) is 18.3 Å². The predicted octanol–water partition coefficient (Wildman–Crippen LogP) is 2.47. The maximum atomic E-state index is 12.6. The zero-order valence-corrected chi connectivity index (χ0v) is 12.5. The summed E-state index contributed by atoms with van der Waals surface area (Å²) in [7, 11) is 3.66. The van der Waals surface area contributed by atoms with Crippen LogP contribution in [0.2, 0.25) is 0 Å². The van der Waals surface area contributed by atoms with Crippen LogP contribution in [-0.2, 0) is 6.18 Å². The van der Waals surface area contributed by atoms with Crippen LogP contribution in [0.25, 0.3) is 0 Å². The fourth-order valence-electron chi connectivity index (χ4n) is 1.91. The third kappa shape index (κ3) is 4.12. The molecule has 0 fully saturated rings. The van der Waals surface area contributed by atoms with Gasteiger partial charge in [-0.3, -0.25) is 9.47 Å². The van der Waals surface area contributed by atoms with E-state index in [0.717, 1.165) is 12.1 Å². The molecule has 1 aromatic heterocycles. The van der Waals surface area contributed by atoms with Crippen molar-refractivity contribution >= 4 is 12.1 Å². The number of hydrogen-bond donors (Lipinski definition) is 1. The molecule has 2 rings (SSSR count). The minimum atomic E-state index is -4.49. The van der Waals surface area contributed by atoms with Gasteiger partial charge in [0.15, 0.2) is 0 Å². The van der Waals surface area contributed by atoms with Crippen molar-refractivity contribution in [3.8, 4) is 0 Å². The number of nitrogens with zero attached hydrogens (tertiary/aromatic N) is 3. The minimum Gasteiger partial charge on any atom is -0.319 e. The van der Waals surface area contributed by atoms with E-state index in [-0.39, 0.29) is 5.56 Å². The normalized spacial score (nSPS) is 11.7. The molecule has 1 N–H and O–H groups in total. The van der Waals surface area contributed by atoms with Crippen molar-refractivity contribution in [2.45, 2.75) is 6.18 Å². The molecular weight excluding hydrogens is 309 g/mol. The van der Waals surface area contributed by atoms with Crippen LogP contribution in [0.1, 0.15) is 21.6 Å². The molecule has 23 heavy (non-hydrogen) atoms. The fraction of sp³-hybridized carbons (Fsp3) is 0.200. The summed E-state index contributed by atoms with van der Waals surface area (Å²) in [5.74, 6) is -0.713. The molecule has 122 valence electrons. The van der Waals surface area contributed by atoms with Gasteiger partial charge in [0.2, 0.25) is 0 Å². The van der Waals surface area contributed by atoms with Crippen molar-refractivity contribution in [2.75, 3.05) is 19.1 Å². The lowest BCUT2D eigenvalue weighted by Gasteiger charge is -2.15. The van der Waals surface area contributed by atoms with Gasteiger partial charge in [-0.05, 0) is 30.3 Å². The molecule has 0 aliphatic heterocycles. The number of hydrazone groups is 1. The zero-order chi connectivity index (χ0) is 17.0. The second kappa shape index (κ2) is 6.55. The third-order valence-electron chi connectivity index (χ3n) is 3.00. The SMILES string of the molecule is CN(C)n1cccc1/C=N\NC(=O)c1cccc(C(F)(F)F)c1. The predicted molar refractivity (Wildman–Crippen MR) is 81.0 cm³/mol. The first kappa shape index (κ1) is 16.6. The van der Waals surface area contributed by atoms with E-state index in [4.69, 9.17) is 0 Å². The van der Waals surface area contributed by atoms with Gasteiger partial charge in [-0.25, -0.2) is 5.43 Å². The van der Waals surface area contributed by atoms with E-state index in [0.29, 0.717) is 5.69 Å². The summed E-state index contributed by atoms with van der Waals surface area (Å²) >= 11 is 0. The summed E-state index contributed by atoms with van der Waals surface area (Å²) in [5, 5.41) is 5.57.